The van der Waals surface area contributed by atoms with Gasteiger partial charge >= 0.3 is 5.97 Å². The molecule has 0 aromatic heterocycles. The molecule has 0 aliphatic carbocycles. The van der Waals surface area contributed by atoms with Crippen LogP contribution in [0.1, 0.15) is 5.56 Å². The minimum Gasteiger partial charge on any atom is -0.508 e. The third-order valence-electron chi connectivity index (χ3n) is 2.11. The zero-order valence-electron chi connectivity index (χ0n) is 8.77. The van der Waals surface area contributed by atoms with E-state index in [0.29, 0.717) is 6.42 Å². The summed E-state index contributed by atoms with van der Waals surface area (Å²) >= 11 is 0. The maximum atomic E-state index is 11.2. The molecule has 0 amide bonds. The van der Waals surface area contributed by atoms with E-state index in [4.69, 9.17) is 9.84 Å². The average Bonchev–Trinajstić information content (AvgIpc) is 2.27. The highest BCUT2D eigenvalue weighted by Crippen LogP contribution is 2.12. The fraction of sp³-hybridized carbons (Fsp3) is 0.364. The molecule has 82 valence electrons. The van der Waals surface area contributed by atoms with Crippen LogP contribution in [-0.4, -0.2) is 31.4 Å². The van der Waals surface area contributed by atoms with Gasteiger partial charge in [-0.25, -0.2) is 4.79 Å². The van der Waals surface area contributed by atoms with E-state index < -0.39 is 12.1 Å². The molecule has 0 aliphatic rings. The van der Waals surface area contributed by atoms with E-state index in [1.54, 1.807) is 24.3 Å². The number of carbonyl (C=O) groups excluding carboxylic acids is 1. The third-order valence-corrected chi connectivity index (χ3v) is 2.11. The first kappa shape index (κ1) is 11.5. The molecule has 15 heavy (non-hydrogen) atoms. The Morgan fingerprint density at radius 1 is 1.33 bits per heavy atom. The van der Waals surface area contributed by atoms with E-state index in [1.165, 1.54) is 14.2 Å². The first-order valence-corrected chi connectivity index (χ1v) is 4.56. The van der Waals surface area contributed by atoms with Crippen molar-refractivity contribution in [3.05, 3.63) is 29.8 Å². The molecule has 0 saturated carbocycles. The predicted molar refractivity (Wildman–Crippen MR) is 54.6 cm³/mol. The van der Waals surface area contributed by atoms with Crippen LogP contribution >= 0.6 is 0 Å². The maximum absolute atomic E-state index is 11.2. The number of phenolic OH excluding ortho intramolecular Hbond substituents is 1. The van der Waals surface area contributed by atoms with Gasteiger partial charge in [0.15, 0.2) is 6.10 Å². The molecule has 0 aliphatic heterocycles. The maximum Gasteiger partial charge on any atom is 0.335 e. The minimum absolute atomic E-state index is 0.200. The van der Waals surface area contributed by atoms with Crippen molar-refractivity contribution in [2.75, 3.05) is 14.2 Å². The number of carbonyl (C=O) groups is 1. The summed E-state index contributed by atoms with van der Waals surface area (Å²) in [6.45, 7) is 0. The van der Waals surface area contributed by atoms with Crippen LogP contribution in [-0.2, 0) is 20.7 Å². The van der Waals surface area contributed by atoms with E-state index in [9.17, 15) is 4.79 Å². The molecule has 1 unspecified atom stereocenters. The topological polar surface area (TPSA) is 55.8 Å². The first-order chi connectivity index (χ1) is 7.17. The number of hydrogen-bond acceptors (Lipinski definition) is 4. The van der Waals surface area contributed by atoms with Crippen molar-refractivity contribution >= 4 is 5.97 Å². The zero-order valence-corrected chi connectivity index (χ0v) is 8.77. The van der Waals surface area contributed by atoms with Gasteiger partial charge in [0.1, 0.15) is 5.75 Å². The number of rotatable bonds is 4. The van der Waals surface area contributed by atoms with Gasteiger partial charge in [0.25, 0.3) is 0 Å². The lowest BCUT2D eigenvalue weighted by Crippen LogP contribution is -2.26. The summed E-state index contributed by atoms with van der Waals surface area (Å²) in [7, 11) is 2.78. The van der Waals surface area contributed by atoms with Gasteiger partial charge in [-0.3, -0.25) is 0 Å². The van der Waals surface area contributed by atoms with Gasteiger partial charge < -0.3 is 14.6 Å². The van der Waals surface area contributed by atoms with Crippen molar-refractivity contribution in [1.82, 2.24) is 0 Å². The van der Waals surface area contributed by atoms with Gasteiger partial charge in [-0.1, -0.05) is 12.1 Å². The van der Waals surface area contributed by atoms with Crippen molar-refractivity contribution in [1.29, 1.82) is 0 Å². The molecule has 0 saturated heterocycles. The van der Waals surface area contributed by atoms with E-state index in [2.05, 4.69) is 4.74 Å². The highest BCUT2D eigenvalue weighted by molar-refractivity contribution is 5.74. The van der Waals surface area contributed by atoms with Crippen LogP contribution in [0.2, 0.25) is 0 Å². The fourth-order valence-electron chi connectivity index (χ4n) is 1.24. The summed E-state index contributed by atoms with van der Waals surface area (Å²) in [5.74, 6) is -0.198. The van der Waals surface area contributed by atoms with Crippen molar-refractivity contribution in [2.24, 2.45) is 0 Å². The molecule has 4 nitrogen and oxygen atoms in total. The summed E-state index contributed by atoms with van der Waals surface area (Å²) in [6.07, 6.45) is -0.164. The van der Waals surface area contributed by atoms with E-state index in [0.717, 1.165) is 5.56 Å². The second kappa shape index (κ2) is 5.36. The Morgan fingerprint density at radius 2 is 1.93 bits per heavy atom. The predicted octanol–water partition coefficient (Wildman–Crippen LogP) is 1.12. The van der Waals surface area contributed by atoms with Crippen LogP contribution in [0.4, 0.5) is 0 Å². The number of methoxy groups -OCH3 is 2. The molecule has 1 N–H and O–H groups in total. The standard InChI is InChI=1S/C11H14O4/c1-14-10(11(13)15-2)7-8-3-5-9(12)6-4-8/h3-6,10,12H,7H2,1-2H3. The molecule has 1 rings (SSSR count). The van der Waals surface area contributed by atoms with Gasteiger partial charge in [-0.05, 0) is 17.7 Å². The van der Waals surface area contributed by atoms with E-state index >= 15 is 0 Å². The lowest BCUT2D eigenvalue weighted by atomic mass is 10.1. The highest BCUT2D eigenvalue weighted by atomic mass is 16.6. The third kappa shape index (κ3) is 3.25. The molecule has 4 heteroatoms. The van der Waals surface area contributed by atoms with Crippen LogP contribution in [0.15, 0.2) is 24.3 Å². The molecule has 0 bridgehead atoms. The van der Waals surface area contributed by atoms with Crippen LogP contribution in [0.5, 0.6) is 5.75 Å². The Morgan fingerprint density at radius 3 is 2.40 bits per heavy atom. The molecular weight excluding hydrogens is 196 g/mol. The monoisotopic (exact) mass is 210 g/mol. The normalized spacial score (nSPS) is 12.1. The summed E-state index contributed by atoms with van der Waals surface area (Å²) in [5, 5.41) is 9.08. The minimum atomic E-state index is -0.598. The second-order valence-corrected chi connectivity index (χ2v) is 3.12. The Bertz CT molecular complexity index is 318. The molecule has 0 radical (unpaired) electrons. The number of phenols is 1. The molecule has 0 spiro atoms. The Labute approximate surface area is 88.4 Å². The number of aromatic hydroxyl groups is 1. The molecule has 1 aromatic carbocycles. The van der Waals surface area contributed by atoms with Gasteiger partial charge in [-0.2, -0.15) is 0 Å². The van der Waals surface area contributed by atoms with Crippen molar-refractivity contribution in [3.8, 4) is 5.75 Å². The SMILES string of the molecule is COC(=O)C(Cc1ccc(O)cc1)OC. The Balaban J connectivity index is 2.66. The van der Waals surface area contributed by atoms with E-state index in [-0.39, 0.29) is 5.75 Å². The van der Waals surface area contributed by atoms with Gasteiger partial charge in [-0.15, -0.1) is 0 Å². The van der Waals surface area contributed by atoms with Crippen LogP contribution in [0.25, 0.3) is 0 Å². The quantitative estimate of drug-likeness (QED) is 0.757. The molecular formula is C11H14O4. The number of benzene rings is 1. The number of ether oxygens (including phenoxy) is 2. The van der Waals surface area contributed by atoms with Crippen molar-refractivity contribution in [3.63, 3.8) is 0 Å². The van der Waals surface area contributed by atoms with Crippen molar-refractivity contribution < 1.29 is 19.4 Å². The number of esters is 1. The first-order valence-electron chi connectivity index (χ1n) is 4.56. The fourth-order valence-corrected chi connectivity index (χ4v) is 1.24. The summed E-state index contributed by atoms with van der Waals surface area (Å²) in [5.41, 5.74) is 0.907. The molecule has 0 heterocycles. The lowest BCUT2D eigenvalue weighted by Gasteiger charge is -2.12. The zero-order chi connectivity index (χ0) is 11.3. The summed E-state index contributed by atoms with van der Waals surface area (Å²) in [4.78, 5) is 11.2. The summed E-state index contributed by atoms with van der Waals surface area (Å²) in [6, 6.07) is 6.62. The van der Waals surface area contributed by atoms with Gasteiger partial charge in [0.05, 0.1) is 7.11 Å². The van der Waals surface area contributed by atoms with Crippen molar-refractivity contribution in [2.45, 2.75) is 12.5 Å². The molecule has 0 fully saturated rings. The molecule has 1 atom stereocenters. The number of hydrogen-bond donors (Lipinski definition) is 1. The van der Waals surface area contributed by atoms with E-state index in [1.807, 2.05) is 0 Å². The van der Waals surface area contributed by atoms with Gasteiger partial charge in [0, 0.05) is 13.5 Å². The van der Waals surface area contributed by atoms with Gasteiger partial charge in [0.2, 0.25) is 0 Å². The smallest absolute Gasteiger partial charge is 0.335 e. The van der Waals surface area contributed by atoms with Crippen LogP contribution in [0.3, 0.4) is 0 Å². The Kier molecular flexibility index (Phi) is 4.12. The Hall–Kier alpha value is -1.55. The lowest BCUT2D eigenvalue weighted by molar-refractivity contribution is -0.152. The van der Waals surface area contributed by atoms with Crippen LogP contribution in [0, 0.1) is 0 Å². The second-order valence-electron chi connectivity index (χ2n) is 3.12. The largest absolute Gasteiger partial charge is 0.508 e. The average molecular weight is 210 g/mol. The summed E-state index contributed by atoms with van der Waals surface area (Å²) < 4.78 is 9.59. The highest BCUT2D eigenvalue weighted by Gasteiger charge is 2.18. The molecule has 1 aromatic rings. The van der Waals surface area contributed by atoms with Crippen LogP contribution < -0.4 is 0 Å².